The molecular formula is C10H9F3N4. The van der Waals surface area contributed by atoms with E-state index < -0.39 is 11.7 Å². The number of nitrogens with zero attached hydrogens (tertiary/aromatic N) is 3. The van der Waals surface area contributed by atoms with E-state index in [0.29, 0.717) is 5.69 Å². The van der Waals surface area contributed by atoms with Gasteiger partial charge in [0.1, 0.15) is 17.3 Å². The maximum atomic E-state index is 12.7. The first-order chi connectivity index (χ1) is 7.86. The van der Waals surface area contributed by atoms with Crippen LogP contribution in [0.1, 0.15) is 24.2 Å². The molecule has 1 saturated carbocycles. The lowest BCUT2D eigenvalue weighted by molar-refractivity contribution is -0.151. The van der Waals surface area contributed by atoms with E-state index in [-0.39, 0.29) is 24.5 Å². The molecule has 0 aliphatic heterocycles. The summed E-state index contributed by atoms with van der Waals surface area (Å²) in [5.41, 5.74) is -1.40. The molecule has 1 aliphatic rings. The Morgan fingerprint density at radius 3 is 2.53 bits per heavy atom. The van der Waals surface area contributed by atoms with E-state index in [1.807, 2.05) is 0 Å². The van der Waals surface area contributed by atoms with Crippen LogP contribution in [0.3, 0.4) is 0 Å². The summed E-state index contributed by atoms with van der Waals surface area (Å²) in [6.45, 7) is 1.60. The summed E-state index contributed by atoms with van der Waals surface area (Å²) in [7, 11) is 0. The molecule has 7 heteroatoms. The summed E-state index contributed by atoms with van der Waals surface area (Å²) < 4.78 is 38.0. The lowest BCUT2D eigenvalue weighted by atomic mass is 10.2. The van der Waals surface area contributed by atoms with Crippen molar-refractivity contribution < 1.29 is 13.2 Å². The molecule has 1 aromatic heterocycles. The molecule has 1 N–H and O–H groups in total. The Morgan fingerprint density at radius 2 is 2.06 bits per heavy atom. The molecule has 90 valence electrons. The van der Waals surface area contributed by atoms with Crippen LogP contribution in [0.25, 0.3) is 0 Å². The molecule has 2 rings (SSSR count). The average Bonchev–Trinajstić information content (AvgIpc) is 2.97. The van der Waals surface area contributed by atoms with E-state index in [4.69, 9.17) is 5.26 Å². The Morgan fingerprint density at radius 1 is 1.41 bits per heavy atom. The molecule has 0 amide bonds. The normalized spacial score (nSPS) is 17.4. The molecular weight excluding hydrogens is 233 g/mol. The molecule has 4 nitrogen and oxygen atoms in total. The molecule has 0 saturated heterocycles. The van der Waals surface area contributed by atoms with Gasteiger partial charge in [0.2, 0.25) is 5.95 Å². The third kappa shape index (κ3) is 2.16. The van der Waals surface area contributed by atoms with Crippen molar-refractivity contribution in [2.45, 2.75) is 31.5 Å². The Labute approximate surface area is 95.5 Å². The number of alkyl halides is 3. The fraction of sp³-hybridized carbons (Fsp3) is 0.500. The van der Waals surface area contributed by atoms with Gasteiger partial charge in [-0.15, -0.1) is 0 Å². The van der Waals surface area contributed by atoms with Gasteiger partial charge >= 0.3 is 6.18 Å². The molecule has 17 heavy (non-hydrogen) atoms. The summed E-state index contributed by atoms with van der Waals surface area (Å²) in [6.07, 6.45) is -4.31. The quantitative estimate of drug-likeness (QED) is 0.863. The van der Waals surface area contributed by atoms with E-state index in [1.165, 1.54) is 6.07 Å². The molecule has 1 fully saturated rings. The SMILES string of the molecule is Cc1cc(C#N)nc(NC2(C(F)(F)F)CC2)n1. The smallest absolute Gasteiger partial charge is 0.340 e. The van der Waals surface area contributed by atoms with Crippen molar-refractivity contribution in [2.24, 2.45) is 0 Å². The van der Waals surface area contributed by atoms with Crippen molar-refractivity contribution >= 4 is 5.95 Å². The van der Waals surface area contributed by atoms with Crippen molar-refractivity contribution in [3.8, 4) is 6.07 Å². The summed E-state index contributed by atoms with van der Waals surface area (Å²) in [5.74, 6) is -0.142. The first-order valence-corrected chi connectivity index (χ1v) is 4.97. The van der Waals surface area contributed by atoms with Gasteiger partial charge in [-0.05, 0) is 25.8 Å². The van der Waals surface area contributed by atoms with Crippen LogP contribution >= 0.6 is 0 Å². The van der Waals surface area contributed by atoms with Gasteiger partial charge in [-0.3, -0.25) is 0 Å². The minimum absolute atomic E-state index is 0.00961. The van der Waals surface area contributed by atoms with Gasteiger partial charge in [0, 0.05) is 5.69 Å². The van der Waals surface area contributed by atoms with Crippen LogP contribution in [0.15, 0.2) is 6.07 Å². The minimum Gasteiger partial charge on any atom is -0.340 e. The molecule has 1 aromatic rings. The molecule has 0 spiro atoms. The highest BCUT2D eigenvalue weighted by Crippen LogP contribution is 2.50. The largest absolute Gasteiger partial charge is 0.411 e. The Balaban J connectivity index is 2.26. The topological polar surface area (TPSA) is 61.6 Å². The van der Waals surface area contributed by atoms with E-state index in [2.05, 4.69) is 15.3 Å². The third-order valence-electron chi connectivity index (χ3n) is 2.61. The highest BCUT2D eigenvalue weighted by Gasteiger charge is 2.64. The Bertz CT molecular complexity index is 485. The van der Waals surface area contributed by atoms with Crippen LogP contribution in [-0.4, -0.2) is 21.7 Å². The molecule has 1 aliphatic carbocycles. The highest BCUT2D eigenvalue weighted by atomic mass is 19.4. The van der Waals surface area contributed by atoms with Crippen LogP contribution in [0, 0.1) is 18.3 Å². The number of hydrogen-bond acceptors (Lipinski definition) is 4. The van der Waals surface area contributed by atoms with Gasteiger partial charge in [-0.2, -0.15) is 18.4 Å². The van der Waals surface area contributed by atoms with E-state index in [1.54, 1.807) is 13.0 Å². The number of halogens is 3. The summed E-state index contributed by atoms with van der Waals surface area (Å²) in [5, 5.41) is 11.0. The zero-order valence-electron chi connectivity index (χ0n) is 8.97. The van der Waals surface area contributed by atoms with Gasteiger partial charge in [0.15, 0.2) is 0 Å². The van der Waals surface area contributed by atoms with Crippen molar-refractivity contribution in [1.82, 2.24) is 9.97 Å². The number of hydrogen-bond donors (Lipinski definition) is 1. The van der Waals surface area contributed by atoms with Crippen LogP contribution in [0.5, 0.6) is 0 Å². The standard InChI is InChI=1S/C10H9F3N4/c1-6-4-7(5-14)16-8(15-6)17-9(2-3-9)10(11,12)13/h4H,2-3H2,1H3,(H,15,16,17). The van der Waals surface area contributed by atoms with Gasteiger partial charge in [0.25, 0.3) is 0 Å². The van der Waals surface area contributed by atoms with Crippen molar-refractivity contribution in [1.29, 1.82) is 5.26 Å². The van der Waals surface area contributed by atoms with Crippen LogP contribution in [0.2, 0.25) is 0 Å². The first kappa shape index (κ1) is 11.6. The number of nitriles is 1. The highest BCUT2D eigenvalue weighted by molar-refractivity contribution is 5.39. The second-order valence-electron chi connectivity index (χ2n) is 4.03. The zero-order chi connectivity index (χ0) is 12.7. The van der Waals surface area contributed by atoms with E-state index in [9.17, 15) is 13.2 Å². The average molecular weight is 242 g/mol. The monoisotopic (exact) mass is 242 g/mol. The lowest BCUT2D eigenvalue weighted by Crippen LogP contribution is -2.39. The van der Waals surface area contributed by atoms with Crippen LogP contribution in [-0.2, 0) is 0 Å². The second kappa shape index (κ2) is 3.58. The molecule has 0 bridgehead atoms. The van der Waals surface area contributed by atoms with Crippen LogP contribution < -0.4 is 5.32 Å². The lowest BCUT2D eigenvalue weighted by Gasteiger charge is -2.20. The maximum absolute atomic E-state index is 12.7. The van der Waals surface area contributed by atoms with Gasteiger partial charge in [-0.1, -0.05) is 0 Å². The fourth-order valence-corrected chi connectivity index (χ4v) is 1.50. The van der Waals surface area contributed by atoms with Crippen molar-refractivity contribution in [3.05, 3.63) is 17.5 Å². The molecule has 0 radical (unpaired) electrons. The number of aromatic nitrogens is 2. The molecule has 0 atom stereocenters. The van der Waals surface area contributed by atoms with Gasteiger partial charge < -0.3 is 5.32 Å². The van der Waals surface area contributed by atoms with Gasteiger partial charge in [0.05, 0.1) is 0 Å². The third-order valence-corrected chi connectivity index (χ3v) is 2.61. The number of rotatable bonds is 2. The van der Waals surface area contributed by atoms with E-state index >= 15 is 0 Å². The van der Waals surface area contributed by atoms with Crippen LogP contribution in [0.4, 0.5) is 19.1 Å². The predicted molar refractivity (Wildman–Crippen MR) is 53.1 cm³/mol. The summed E-state index contributed by atoms with van der Waals surface area (Å²) >= 11 is 0. The number of anilines is 1. The maximum Gasteiger partial charge on any atom is 0.411 e. The summed E-state index contributed by atoms with van der Waals surface area (Å²) in [6, 6.07) is 3.20. The Kier molecular flexibility index (Phi) is 2.45. The number of nitrogens with one attached hydrogen (secondary N) is 1. The molecule has 1 heterocycles. The van der Waals surface area contributed by atoms with Crippen molar-refractivity contribution in [2.75, 3.05) is 5.32 Å². The summed E-state index contributed by atoms with van der Waals surface area (Å²) in [4.78, 5) is 7.55. The fourth-order valence-electron chi connectivity index (χ4n) is 1.50. The number of aryl methyl sites for hydroxylation is 1. The van der Waals surface area contributed by atoms with E-state index in [0.717, 1.165) is 0 Å². The first-order valence-electron chi connectivity index (χ1n) is 4.97. The second-order valence-corrected chi connectivity index (χ2v) is 4.03. The zero-order valence-corrected chi connectivity index (χ0v) is 8.97. The molecule has 0 unspecified atom stereocenters. The van der Waals surface area contributed by atoms with Crippen molar-refractivity contribution in [3.63, 3.8) is 0 Å². The predicted octanol–water partition coefficient (Wildman–Crippen LogP) is 2.16. The Hall–Kier alpha value is -1.84. The molecule has 0 aromatic carbocycles. The minimum atomic E-state index is -4.33. The van der Waals surface area contributed by atoms with Gasteiger partial charge in [-0.25, -0.2) is 9.97 Å².